The molecule has 5 heteroatoms. The molecule has 1 heterocycles. The lowest BCUT2D eigenvalue weighted by atomic mass is 10.2. The summed E-state index contributed by atoms with van der Waals surface area (Å²) in [6, 6.07) is 10.5. The molecule has 0 spiro atoms. The van der Waals surface area contributed by atoms with E-state index in [1.54, 1.807) is 24.4 Å². The highest BCUT2D eigenvalue weighted by atomic mass is 32.2. The lowest BCUT2D eigenvalue weighted by molar-refractivity contribution is 0.0698. The Morgan fingerprint density at radius 2 is 2.12 bits per heavy atom. The van der Waals surface area contributed by atoms with Gasteiger partial charge in [-0.3, -0.25) is 0 Å². The molecule has 3 N–H and O–H groups in total. The van der Waals surface area contributed by atoms with Gasteiger partial charge in [0, 0.05) is 16.8 Å². The van der Waals surface area contributed by atoms with Crippen LogP contribution in [-0.2, 0) is 0 Å². The fourth-order valence-corrected chi connectivity index (χ4v) is 2.13. The van der Waals surface area contributed by atoms with Crippen LogP contribution in [0.4, 0.5) is 5.69 Å². The zero-order valence-electron chi connectivity index (χ0n) is 8.83. The van der Waals surface area contributed by atoms with Crippen LogP contribution in [0.2, 0.25) is 0 Å². The van der Waals surface area contributed by atoms with E-state index in [2.05, 4.69) is 4.98 Å². The Balaban J connectivity index is 2.29. The molecule has 2 aromatic rings. The summed E-state index contributed by atoms with van der Waals surface area (Å²) in [5, 5.41) is 9.76. The normalized spacial score (nSPS) is 10.1. The summed E-state index contributed by atoms with van der Waals surface area (Å²) in [5.41, 5.74) is 5.96. The predicted molar refractivity (Wildman–Crippen MR) is 66.2 cm³/mol. The number of nitrogens with two attached hydrogens (primary N) is 1. The maximum Gasteiger partial charge on any atom is 0.337 e. The highest BCUT2D eigenvalue weighted by Gasteiger charge is 2.09. The molecule has 0 atom stereocenters. The van der Waals surface area contributed by atoms with Crippen molar-refractivity contribution in [2.75, 3.05) is 5.73 Å². The van der Waals surface area contributed by atoms with Gasteiger partial charge in [-0.05, 0) is 30.3 Å². The van der Waals surface area contributed by atoms with Gasteiger partial charge >= 0.3 is 5.97 Å². The average Bonchev–Trinajstić information content (AvgIpc) is 2.32. The van der Waals surface area contributed by atoms with Gasteiger partial charge in [0.25, 0.3) is 0 Å². The number of nitrogen functional groups attached to an aromatic ring is 1. The van der Waals surface area contributed by atoms with E-state index in [1.807, 2.05) is 18.2 Å². The quantitative estimate of drug-likeness (QED) is 0.814. The van der Waals surface area contributed by atoms with E-state index in [0.29, 0.717) is 0 Å². The minimum atomic E-state index is -1.02. The number of hydrogen-bond donors (Lipinski definition) is 2. The average molecular weight is 246 g/mol. The molecule has 4 nitrogen and oxygen atoms in total. The first kappa shape index (κ1) is 11.5. The Bertz CT molecular complexity index is 543. The molecular weight excluding hydrogens is 236 g/mol. The zero-order valence-corrected chi connectivity index (χ0v) is 9.65. The lowest BCUT2D eigenvalue weighted by Gasteiger charge is -2.04. The Morgan fingerprint density at radius 3 is 2.76 bits per heavy atom. The van der Waals surface area contributed by atoms with Crippen molar-refractivity contribution in [3.8, 4) is 0 Å². The molecular formula is C12H10N2O2S. The SMILES string of the molecule is Nc1ccc(Sc2ccccn2)cc1C(=O)O. The van der Waals surface area contributed by atoms with Crippen molar-refractivity contribution in [1.29, 1.82) is 0 Å². The maximum absolute atomic E-state index is 10.9. The van der Waals surface area contributed by atoms with E-state index in [9.17, 15) is 4.79 Å². The number of aromatic carboxylic acids is 1. The third kappa shape index (κ3) is 2.76. The molecule has 0 radical (unpaired) electrons. The van der Waals surface area contributed by atoms with Crippen LogP contribution < -0.4 is 5.73 Å². The van der Waals surface area contributed by atoms with E-state index >= 15 is 0 Å². The number of hydrogen-bond acceptors (Lipinski definition) is 4. The van der Waals surface area contributed by atoms with Crippen molar-refractivity contribution >= 4 is 23.4 Å². The van der Waals surface area contributed by atoms with E-state index in [-0.39, 0.29) is 11.3 Å². The van der Waals surface area contributed by atoms with Crippen LogP contribution in [0.5, 0.6) is 0 Å². The van der Waals surface area contributed by atoms with Crippen molar-refractivity contribution in [3.63, 3.8) is 0 Å². The molecule has 0 saturated carbocycles. The largest absolute Gasteiger partial charge is 0.478 e. The Kier molecular flexibility index (Phi) is 3.30. The predicted octanol–water partition coefficient (Wildman–Crippen LogP) is 2.51. The first-order chi connectivity index (χ1) is 8.16. The van der Waals surface area contributed by atoms with Gasteiger partial charge in [-0.1, -0.05) is 17.8 Å². The molecule has 0 saturated heterocycles. The van der Waals surface area contributed by atoms with E-state index < -0.39 is 5.97 Å². The van der Waals surface area contributed by atoms with Gasteiger partial charge in [-0.2, -0.15) is 0 Å². The molecule has 0 aliphatic heterocycles. The van der Waals surface area contributed by atoms with Gasteiger partial charge in [0.05, 0.1) is 5.56 Å². The Hall–Kier alpha value is -2.01. The summed E-state index contributed by atoms with van der Waals surface area (Å²) in [7, 11) is 0. The lowest BCUT2D eigenvalue weighted by Crippen LogP contribution is -2.02. The molecule has 86 valence electrons. The number of carboxylic acid groups (broad SMARTS) is 1. The second-order valence-electron chi connectivity index (χ2n) is 3.32. The van der Waals surface area contributed by atoms with Crippen LogP contribution in [0, 0.1) is 0 Å². The molecule has 0 aliphatic carbocycles. The first-order valence-corrected chi connectivity index (χ1v) is 5.70. The molecule has 17 heavy (non-hydrogen) atoms. The van der Waals surface area contributed by atoms with Crippen molar-refractivity contribution in [2.24, 2.45) is 0 Å². The molecule has 1 aromatic heterocycles. The fourth-order valence-electron chi connectivity index (χ4n) is 1.31. The standard InChI is InChI=1S/C12H10N2O2S/c13-10-5-4-8(7-9(10)12(15)16)17-11-3-1-2-6-14-11/h1-7H,13H2,(H,15,16). The second kappa shape index (κ2) is 4.88. The zero-order chi connectivity index (χ0) is 12.3. The smallest absolute Gasteiger partial charge is 0.337 e. The number of nitrogens with zero attached hydrogens (tertiary/aromatic N) is 1. The number of carbonyl (C=O) groups is 1. The van der Waals surface area contributed by atoms with Crippen LogP contribution in [0.1, 0.15) is 10.4 Å². The van der Waals surface area contributed by atoms with Crippen LogP contribution in [0.3, 0.4) is 0 Å². The third-order valence-corrected chi connectivity index (χ3v) is 3.06. The van der Waals surface area contributed by atoms with Gasteiger partial charge < -0.3 is 10.8 Å². The molecule has 0 amide bonds. The minimum Gasteiger partial charge on any atom is -0.478 e. The van der Waals surface area contributed by atoms with E-state index in [1.165, 1.54) is 11.8 Å². The van der Waals surface area contributed by atoms with Gasteiger partial charge in [0.15, 0.2) is 0 Å². The second-order valence-corrected chi connectivity index (χ2v) is 4.42. The first-order valence-electron chi connectivity index (χ1n) is 4.88. The van der Waals surface area contributed by atoms with Crippen LogP contribution >= 0.6 is 11.8 Å². The van der Waals surface area contributed by atoms with Crippen molar-refractivity contribution in [2.45, 2.75) is 9.92 Å². The molecule has 0 unspecified atom stereocenters. The number of benzene rings is 1. The van der Waals surface area contributed by atoms with Gasteiger partial charge in [-0.25, -0.2) is 9.78 Å². The summed E-state index contributed by atoms with van der Waals surface area (Å²) >= 11 is 1.40. The van der Waals surface area contributed by atoms with Gasteiger partial charge in [0.2, 0.25) is 0 Å². The fraction of sp³-hybridized carbons (Fsp3) is 0. The van der Waals surface area contributed by atoms with Crippen molar-refractivity contribution in [3.05, 3.63) is 48.2 Å². The van der Waals surface area contributed by atoms with Gasteiger partial charge in [0.1, 0.15) is 5.03 Å². The van der Waals surface area contributed by atoms with Crippen LogP contribution in [0.25, 0.3) is 0 Å². The van der Waals surface area contributed by atoms with Crippen LogP contribution in [-0.4, -0.2) is 16.1 Å². The monoisotopic (exact) mass is 246 g/mol. The number of aromatic nitrogens is 1. The van der Waals surface area contributed by atoms with Crippen molar-refractivity contribution in [1.82, 2.24) is 4.98 Å². The molecule has 0 bridgehead atoms. The molecule has 0 aliphatic rings. The van der Waals surface area contributed by atoms with Gasteiger partial charge in [-0.15, -0.1) is 0 Å². The number of pyridine rings is 1. The summed E-state index contributed by atoms with van der Waals surface area (Å²) in [4.78, 5) is 15.9. The third-order valence-electron chi connectivity index (χ3n) is 2.12. The summed E-state index contributed by atoms with van der Waals surface area (Å²) in [6.07, 6.45) is 1.69. The van der Waals surface area contributed by atoms with E-state index in [0.717, 1.165) is 9.92 Å². The summed E-state index contributed by atoms with van der Waals surface area (Å²) in [6.45, 7) is 0. The van der Waals surface area contributed by atoms with Crippen molar-refractivity contribution < 1.29 is 9.90 Å². The topological polar surface area (TPSA) is 76.2 Å². The number of anilines is 1. The molecule has 2 rings (SSSR count). The number of carboxylic acids is 1. The highest BCUT2D eigenvalue weighted by molar-refractivity contribution is 7.99. The number of rotatable bonds is 3. The maximum atomic E-state index is 10.9. The molecule has 1 aromatic carbocycles. The molecule has 0 fully saturated rings. The van der Waals surface area contributed by atoms with E-state index in [4.69, 9.17) is 10.8 Å². The Labute approximate surface area is 102 Å². The Morgan fingerprint density at radius 1 is 1.29 bits per heavy atom. The minimum absolute atomic E-state index is 0.117. The highest BCUT2D eigenvalue weighted by Crippen LogP contribution is 2.28. The van der Waals surface area contributed by atoms with Crippen LogP contribution in [0.15, 0.2) is 52.5 Å². The summed E-state index contributed by atoms with van der Waals surface area (Å²) < 4.78 is 0. The summed E-state index contributed by atoms with van der Waals surface area (Å²) in [5.74, 6) is -1.02.